The normalized spacial score (nSPS) is 11.4. The van der Waals surface area contributed by atoms with Gasteiger partial charge in [0.05, 0.1) is 4.88 Å². The first-order valence-corrected chi connectivity index (χ1v) is 8.88. The van der Waals surface area contributed by atoms with Crippen LogP contribution in [0, 0.1) is 0 Å². The molecule has 2 aromatic carbocycles. The van der Waals surface area contributed by atoms with E-state index in [9.17, 15) is 9.59 Å². The highest BCUT2D eigenvalue weighted by Gasteiger charge is 2.17. The molecule has 0 saturated carbocycles. The molecule has 1 unspecified atom stereocenters. The largest absolute Gasteiger partial charge is 0.479 e. The maximum Gasteiger partial charge on any atom is 0.352 e. The number of carbonyl (C=O) groups is 2. The summed E-state index contributed by atoms with van der Waals surface area (Å²) in [5, 5.41) is 4.63. The predicted molar refractivity (Wildman–Crippen MR) is 101 cm³/mol. The topological polar surface area (TPSA) is 64.6 Å². The highest BCUT2D eigenvalue weighted by Crippen LogP contribution is 2.19. The van der Waals surface area contributed by atoms with Crippen LogP contribution in [0.3, 0.4) is 0 Å². The highest BCUT2D eigenvalue weighted by atomic mass is 32.1. The van der Waals surface area contributed by atoms with Gasteiger partial charge in [0.1, 0.15) is 11.5 Å². The molecule has 5 nitrogen and oxygen atoms in total. The molecule has 26 heavy (non-hydrogen) atoms. The standard InChI is InChI=1S/C20H17NO4S/c1-14(24-16-6-3-2-4-7-16)20(23)25-17-11-9-15(10-12-17)21-19(22)18-8-5-13-26-18/h2-14H,1H3,(H,21,22). The number of hydrogen-bond acceptors (Lipinski definition) is 5. The first-order valence-electron chi connectivity index (χ1n) is 8.00. The van der Waals surface area contributed by atoms with Gasteiger partial charge in [-0.2, -0.15) is 0 Å². The van der Waals surface area contributed by atoms with E-state index in [1.54, 1.807) is 49.4 Å². The second kappa shape index (κ2) is 8.31. The van der Waals surface area contributed by atoms with Crippen LogP contribution in [0.2, 0.25) is 0 Å². The molecule has 0 bridgehead atoms. The van der Waals surface area contributed by atoms with Gasteiger partial charge in [-0.15, -0.1) is 11.3 Å². The van der Waals surface area contributed by atoms with E-state index in [0.29, 0.717) is 22.1 Å². The summed E-state index contributed by atoms with van der Waals surface area (Å²) in [5.74, 6) is 0.315. The van der Waals surface area contributed by atoms with Crippen LogP contribution >= 0.6 is 11.3 Å². The zero-order valence-corrected chi connectivity index (χ0v) is 14.9. The van der Waals surface area contributed by atoms with Gasteiger partial charge < -0.3 is 14.8 Å². The fraction of sp³-hybridized carbons (Fsp3) is 0.100. The van der Waals surface area contributed by atoms with Crippen LogP contribution in [0.25, 0.3) is 0 Å². The lowest BCUT2D eigenvalue weighted by Crippen LogP contribution is -2.28. The van der Waals surface area contributed by atoms with Crippen molar-refractivity contribution in [2.45, 2.75) is 13.0 Å². The minimum Gasteiger partial charge on any atom is -0.479 e. The smallest absolute Gasteiger partial charge is 0.352 e. The molecule has 1 atom stereocenters. The molecular formula is C20H17NO4S. The lowest BCUT2D eigenvalue weighted by Gasteiger charge is -2.14. The number of rotatable bonds is 6. The summed E-state index contributed by atoms with van der Waals surface area (Å²) in [6.07, 6.45) is -0.740. The van der Waals surface area contributed by atoms with Crippen molar-refractivity contribution in [2.75, 3.05) is 5.32 Å². The summed E-state index contributed by atoms with van der Waals surface area (Å²) in [7, 11) is 0. The van der Waals surface area contributed by atoms with Gasteiger partial charge >= 0.3 is 5.97 Å². The van der Waals surface area contributed by atoms with Gasteiger partial charge in [0, 0.05) is 5.69 Å². The summed E-state index contributed by atoms with van der Waals surface area (Å²) < 4.78 is 10.8. The first-order chi connectivity index (χ1) is 12.6. The monoisotopic (exact) mass is 367 g/mol. The molecule has 0 aliphatic heterocycles. The Hall–Kier alpha value is -3.12. The molecule has 0 aliphatic rings. The summed E-state index contributed by atoms with van der Waals surface area (Å²) in [4.78, 5) is 24.7. The van der Waals surface area contributed by atoms with Crippen molar-refractivity contribution in [3.8, 4) is 11.5 Å². The maximum absolute atomic E-state index is 12.1. The first kappa shape index (κ1) is 17.7. The number of esters is 1. The molecule has 3 rings (SSSR count). The lowest BCUT2D eigenvalue weighted by atomic mass is 10.3. The van der Waals surface area contributed by atoms with E-state index in [0.717, 1.165) is 0 Å². The van der Waals surface area contributed by atoms with Crippen molar-refractivity contribution in [1.29, 1.82) is 0 Å². The minimum absolute atomic E-state index is 0.172. The molecule has 0 aliphatic carbocycles. The molecule has 0 radical (unpaired) electrons. The van der Waals surface area contributed by atoms with Gasteiger partial charge in [0.15, 0.2) is 6.10 Å². The molecule has 6 heteroatoms. The summed E-state index contributed by atoms with van der Waals surface area (Å²) >= 11 is 1.37. The second-order valence-electron chi connectivity index (χ2n) is 5.45. The van der Waals surface area contributed by atoms with Crippen LogP contribution in [0.15, 0.2) is 72.1 Å². The van der Waals surface area contributed by atoms with Gasteiger partial charge in [0.2, 0.25) is 0 Å². The van der Waals surface area contributed by atoms with E-state index in [-0.39, 0.29) is 5.91 Å². The fourth-order valence-electron chi connectivity index (χ4n) is 2.16. The van der Waals surface area contributed by atoms with E-state index in [1.807, 2.05) is 29.6 Å². The molecule has 1 heterocycles. The molecule has 0 spiro atoms. The fourth-order valence-corrected chi connectivity index (χ4v) is 2.78. The van der Waals surface area contributed by atoms with Gasteiger partial charge in [-0.05, 0) is 54.8 Å². The highest BCUT2D eigenvalue weighted by molar-refractivity contribution is 7.12. The Bertz CT molecular complexity index is 861. The summed E-state index contributed by atoms with van der Waals surface area (Å²) in [6, 6.07) is 19.2. The van der Waals surface area contributed by atoms with Gasteiger partial charge in [-0.1, -0.05) is 24.3 Å². The van der Waals surface area contributed by atoms with E-state index in [1.165, 1.54) is 11.3 Å². The number of ether oxygens (including phenoxy) is 2. The second-order valence-corrected chi connectivity index (χ2v) is 6.40. The summed E-state index contributed by atoms with van der Waals surface area (Å²) in [5.41, 5.74) is 0.622. The maximum atomic E-state index is 12.1. The Morgan fingerprint density at radius 3 is 2.31 bits per heavy atom. The van der Waals surface area contributed by atoms with Crippen molar-refractivity contribution in [3.63, 3.8) is 0 Å². The number of benzene rings is 2. The van der Waals surface area contributed by atoms with E-state index in [2.05, 4.69) is 5.32 Å². The van der Waals surface area contributed by atoms with Gasteiger partial charge in [0.25, 0.3) is 5.91 Å². The number of anilines is 1. The number of amides is 1. The average Bonchev–Trinajstić information content (AvgIpc) is 3.19. The molecule has 1 aromatic heterocycles. The quantitative estimate of drug-likeness (QED) is 0.519. The molecular weight excluding hydrogens is 350 g/mol. The van der Waals surface area contributed by atoms with Crippen LogP contribution in [-0.4, -0.2) is 18.0 Å². The van der Waals surface area contributed by atoms with Crippen molar-refractivity contribution >= 4 is 28.9 Å². The van der Waals surface area contributed by atoms with Crippen LogP contribution in [-0.2, 0) is 4.79 Å². The van der Waals surface area contributed by atoms with Crippen LogP contribution in [0.4, 0.5) is 5.69 Å². The van der Waals surface area contributed by atoms with Crippen molar-refractivity contribution in [2.24, 2.45) is 0 Å². The molecule has 1 N–H and O–H groups in total. The van der Waals surface area contributed by atoms with Crippen molar-refractivity contribution in [1.82, 2.24) is 0 Å². The predicted octanol–water partition coefficient (Wildman–Crippen LogP) is 4.37. The van der Waals surface area contributed by atoms with E-state index >= 15 is 0 Å². The Kier molecular flexibility index (Phi) is 5.66. The molecule has 0 saturated heterocycles. The molecule has 132 valence electrons. The Morgan fingerprint density at radius 2 is 1.65 bits per heavy atom. The number of thiophene rings is 1. The third-order valence-corrected chi connectivity index (χ3v) is 4.33. The Balaban J connectivity index is 1.55. The molecule has 0 fully saturated rings. The number of hydrogen-bond donors (Lipinski definition) is 1. The SMILES string of the molecule is CC(Oc1ccccc1)C(=O)Oc1ccc(NC(=O)c2cccs2)cc1. The van der Waals surface area contributed by atoms with Gasteiger partial charge in [-0.3, -0.25) is 4.79 Å². The third kappa shape index (κ3) is 4.70. The molecule has 1 amide bonds. The van der Waals surface area contributed by atoms with E-state index in [4.69, 9.17) is 9.47 Å². The minimum atomic E-state index is -0.740. The number of para-hydroxylation sites is 1. The van der Waals surface area contributed by atoms with Crippen molar-refractivity contribution in [3.05, 3.63) is 77.0 Å². The Morgan fingerprint density at radius 1 is 0.923 bits per heavy atom. The zero-order chi connectivity index (χ0) is 18.4. The zero-order valence-electron chi connectivity index (χ0n) is 14.0. The van der Waals surface area contributed by atoms with Crippen LogP contribution in [0.1, 0.15) is 16.6 Å². The number of nitrogens with one attached hydrogen (secondary N) is 1. The van der Waals surface area contributed by atoms with Crippen molar-refractivity contribution < 1.29 is 19.1 Å². The molecule has 3 aromatic rings. The lowest BCUT2D eigenvalue weighted by molar-refractivity contribution is -0.141. The van der Waals surface area contributed by atoms with Crippen LogP contribution < -0.4 is 14.8 Å². The average molecular weight is 367 g/mol. The third-order valence-electron chi connectivity index (χ3n) is 3.46. The van der Waals surface area contributed by atoms with E-state index < -0.39 is 12.1 Å². The van der Waals surface area contributed by atoms with Crippen LogP contribution in [0.5, 0.6) is 11.5 Å². The number of carbonyl (C=O) groups excluding carboxylic acids is 2. The van der Waals surface area contributed by atoms with Gasteiger partial charge in [-0.25, -0.2) is 4.79 Å². The Labute approximate surface area is 155 Å². The summed E-state index contributed by atoms with van der Waals surface area (Å²) in [6.45, 7) is 1.63.